The highest BCUT2D eigenvalue weighted by Gasteiger charge is 2.20. The minimum atomic E-state index is -0.134. The summed E-state index contributed by atoms with van der Waals surface area (Å²) in [7, 11) is 1.68. The summed E-state index contributed by atoms with van der Waals surface area (Å²) < 4.78 is 5.50. The Morgan fingerprint density at radius 3 is 2.57 bits per heavy atom. The Kier molecular flexibility index (Phi) is 7.31. The Balaban J connectivity index is 1.58. The van der Waals surface area contributed by atoms with Crippen LogP contribution in [0.2, 0.25) is 0 Å². The molecule has 1 heterocycles. The lowest BCUT2D eigenvalue weighted by atomic mass is 10.0. The van der Waals surface area contributed by atoms with Gasteiger partial charge < -0.3 is 20.3 Å². The van der Waals surface area contributed by atoms with Crippen LogP contribution in [0, 0.1) is 0 Å². The van der Waals surface area contributed by atoms with Crippen LogP contribution in [0.15, 0.2) is 48.5 Å². The van der Waals surface area contributed by atoms with Crippen molar-refractivity contribution in [3.63, 3.8) is 0 Å². The van der Waals surface area contributed by atoms with E-state index >= 15 is 0 Å². The van der Waals surface area contributed by atoms with E-state index in [0.717, 1.165) is 55.9 Å². The number of ether oxygens (including phenoxy) is 1. The molecule has 28 heavy (non-hydrogen) atoms. The van der Waals surface area contributed by atoms with Crippen LogP contribution in [0.3, 0.4) is 0 Å². The lowest BCUT2D eigenvalue weighted by molar-refractivity contribution is 0.196. The summed E-state index contributed by atoms with van der Waals surface area (Å²) >= 11 is 0. The van der Waals surface area contributed by atoms with E-state index in [0.29, 0.717) is 0 Å². The van der Waals surface area contributed by atoms with Gasteiger partial charge in [0.05, 0.1) is 7.11 Å². The van der Waals surface area contributed by atoms with Gasteiger partial charge in [0.2, 0.25) is 0 Å². The highest BCUT2D eigenvalue weighted by Crippen LogP contribution is 2.25. The van der Waals surface area contributed by atoms with E-state index in [-0.39, 0.29) is 12.1 Å². The first-order chi connectivity index (χ1) is 13.7. The highest BCUT2D eigenvalue weighted by atomic mass is 16.5. The first kappa shape index (κ1) is 20.2. The molecular formula is C23H31N3O2. The third-order valence-electron chi connectivity index (χ3n) is 5.24. The number of anilines is 1. The number of rotatable bonds is 7. The van der Waals surface area contributed by atoms with Crippen molar-refractivity contribution in [1.82, 2.24) is 10.2 Å². The van der Waals surface area contributed by atoms with Crippen molar-refractivity contribution >= 4 is 11.7 Å². The molecule has 0 spiro atoms. The summed E-state index contributed by atoms with van der Waals surface area (Å²) in [6, 6.07) is 16.2. The zero-order valence-corrected chi connectivity index (χ0v) is 16.9. The SMILES string of the molecule is CCCN1CCC(NC(=O)Nc2ccc(OC)c(Cc3ccccc3)c2)CC1. The number of carbonyl (C=O) groups is 1. The lowest BCUT2D eigenvalue weighted by Crippen LogP contribution is -2.46. The lowest BCUT2D eigenvalue weighted by Gasteiger charge is -2.32. The molecule has 0 unspecified atom stereocenters. The van der Waals surface area contributed by atoms with Gasteiger partial charge in [-0.05, 0) is 49.6 Å². The van der Waals surface area contributed by atoms with Crippen molar-refractivity contribution < 1.29 is 9.53 Å². The highest BCUT2D eigenvalue weighted by molar-refractivity contribution is 5.89. The zero-order valence-electron chi connectivity index (χ0n) is 16.9. The molecular weight excluding hydrogens is 350 g/mol. The average molecular weight is 382 g/mol. The van der Waals surface area contributed by atoms with E-state index in [1.807, 2.05) is 36.4 Å². The standard InChI is InChI=1S/C23H31N3O2/c1-3-13-26-14-11-20(12-15-26)24-23(27)25-21-9-10-22(28-2)19(17-21)16-18-7-5-4-6-8-18/h4-10,17,20H,3,11-16H2,1-2H3,(H2,24,25,27). The second-order valence-electron chi connectivity index (χ2n) is 7.40. The number of carbonyl (C=O) groups excluding carboxylic acids is 1. The maximum atomic E-state index is 12.4. The second-order valence-corrected chi connectivity index (χ2v) is 7.40. The fraction of sp³-hybridized carbons (Fsp3) is 0.435. The van der Waals surface area contributed by atoms with Gasteiger partial charge >= 0.3 is 6.03 Å². The third-order valence-corrected chi connectivity index (χ3v) is 5.24. The second kappa shape index (κ2) is 10.1. The van der Waals surface area contributed by atoms with Crippen molar-refractivity contribution in [3.8, 4) is 5.75 Å². The molecule has 1 aliphatic rings. The summed E-state index contributed by atoms with van der Waals surface area (Å²) in [6.07, 6.45) is 3.96. The molecule has 1 fully saturated rings. The van der Waals surface area contributed by atoms with Crippen molar-refractivity contribution in [2.24, 2.45) is 0 Å². The van der Waals surface area contributed by atoms with E-state index in [9.17, 15) is 4.79 Å². The number of hydrogen-bond donors (Lipinski definition) is 2. The van der Waals surface area contributed by atoms with E-state index < -0.39 is 0 Å². The van der Waals surface area contributed by atoms with Gasteiger partial charge in [0.1, 0.15) is 5.75 Å². The van der Waals surface area contributed by atoms with Crippen LogP contribution in [0.5, 0.6) is 5.75 Å². The van der Waals surface area contributed by atoms with Gasteiger partial charge in [-0.15, -0.1) is 0 Å². The Morgan fingerprint density at radius 1 is 1.14 bits per heavy atom. The number of amides is 2. The molecule has 0 aliphatic carbocycles. The summed E-state index contributed by atoms with van der Waals surface area (Å²) in [6.45, 7) is 5.47. The topological polar surface area (TPSA) is 53.6 Å². The molecule has 5 heteroatoms. The van der Waals surface area contributed by atoms with Gasteiger partial charge in [-0.25, -0.2) is 4.79 Å². The summed E-state index contributed by atoms with van der Waals surface area (Å²) in [5.41, 5.74) is 3.05. The molecule has 0 bridgehead atoms. The number of nitrogens with one attached hydrogen (secondary N) is 2. The minimum absolute atomic E-state index is 0.134. The maximum Gasteiger partial charge on any atom is 0.319 e. The van der Waals surface area contributed by atoms with Gasteiger partial charge in [-0.1, -0.05) is 37.3 Å². The van der Waals surface area contributed by atoms with E-state index in [4.69, 9.17) is 4.74 Å². The molecule has 5 nitrogen and oxygen atoms in total. The number of urea groups is 1. The fourth-order valence-electron chi connectivity index (χ4n) is 3.78. The van der Waals surface area contributed by atoms with Gasteiger partial charge in [0.25, 0.3) is 0 Å². The van der Waals surface area contributed by atoms with Crippen molar-refractivity contribution in [2.45, 2.75) is 38.6 Å². The number of hydrogen-bond acceptors (Lipinski definition) is 3. The van der Waals surface area contributed by atoms with E-state index in [1.54, 1.807) is 7.11 Å². The molecule has 150 valence electrons. The number of nitrogens with zero attached hydrogens (tertiary/aromatic N) is 1. The molecule has 1 saturated heterocycles. The Labute approximate surface area is 168 Å². The monoisotopic (exact) mass is 381 g/mol. The summed E-state index contributed by atoms with van der Waals surface area (Å²) in [5, 5.41) is 6.10. The van der Waals surface area contributed by atoms with Gasteiger partial charge in [0, 0.05) is 36.8 Å². The quantitative estimate of drug-likeness (QED) is 0.753. The smallest absolute Gasteiger partial charge is 0.319 e. The van der Waals surface area contributed by atoms with Crippen LogP contribution in [0.25, 0.3) is 0 Å². The van der Waals surface area contributed by atoms with E-state index in [2.05, 4.69) is 34.6 Å². The van der Waals surface area contributed by atoms with E-state index in [1.165, 1.54) is 12.0 Å². The molecule has 1 aliphatic heterocycles. The Morgan fingerprint density at radius 2 is 1.89 bits per heavy atom. The molecule has 0 saturated carbocycles. The largest absolute Gasteiger partial charge is 0.496 e. The maximum absolute atomic E-state index is 12.4. The molecule has 2 aromatic carbocycles. The Hall–Kier alpha value is -2.53. The molecule has 2 N–H and O–H groups in total. The van der Waals surface area contributed by atoms with Crippen LogP contribution in [-0.4, -0.2) is 43.7 Å². The van der Waals surface area contributed by atoms with Crippen molar-refractivity contribution in [3.05, 3.63) is 59.7 Å². The molecule has 2 amide bonds. The van der Waals surface area contributed by atoms with Crippen LogP contribution in [0.1, 0.15) is 37.3 Å². The molecule has 0 radical (unpaired) electrons. The van der Waals surface area contributed by atoms with Gasteiger partial charge in [-0.3, -0.25) is 0 Å². The summed E-state index contributed by atoms with van der Waals surface area (Å²) in [5.74, 6) is 0.832. The number of piperidine rings is 1. The van der Waals surface area contributed by atoms with Crippen LogP contribution in [-0.2, 0) is 6.42 Å². The molecule has 0 aromatic heterocycles. The van der Waals surface area contributed by atoms with Crippen molar-refractivity contribution in [1.29, 1.82) is 0 Å². The summed E-state index contributed by atoms with van der Waals surface area (Å²) in [4.78, 5) is 14.9. The number of benzene rings is 2. The first-order valence-electron chi connectivity index (χ1n) is 10.2. The normalized spacial score (nSPS) is 15.2. The van der Waals surface area contributed by atoms with Crippen LogP contribution >= 0.6 is 0 Å². The molecule has 3 rings (SSSR count). The van der Waals surface area contributed by atoms with Crippen molar-refractivity contribution in [2.75, 3.05) is 32.1 Å². The number of likely N-dealkylation sites (tertiary alicyclic amines) is 1. The first-order valence-corrected chi connectivity index (χ1v) is 10.2. The Bertz CT molecular complexity index is 756. The van der Waals surface area contributed by atoms with Gasteiger partial charge in [-0.2, -0.15) is 0 Å². The minimum Gasteiger partial charge on any atom is -0.496 e. The van der Waals surface area contributed by atoms with Crippen LogP contribution in [0.4, 0.5) is 10.5 Å². The predicted molar refractivity (Wildman–Crippen MR) is 114 cm³/mol. The molecule has 2 aromatic rings. The fourth-order valence-corrected chi connectivity index (χ4v) is 3.78. The molecule has 0 atom stereocenters. The third kappa shape index (κ3) is 5.73. The van der Waals surface area contributed by atoms with Gasteiger partial charge in [0.15, 0.2) is 0 Å². The average Bonchev–Trinajstić information content (AvgIpc) is 2.71. The predicted octanol–water partition coefficient (Wildman–Crippen LogP) is 4.28. The number of methoxy groups -OCH3 is 1. The zero-order chi connectivity index (χ0) is 19.8. The van der Waals surface area contributed by atoms with Crippen LogP contribution < -0.4 is 15.4 Å².